The molecule has 0 unspecified atom stereocenters. The molecule has 0 fully saturated rings. The SMILES string of the molecule is CC(=O)NNC(=O)COc1ccc2c(c1)CCCC2. The normalized spacial score (nSPS) is 13.3. The fourth-order valence-corrected chi connectivity index (χ4v) is 2.14. The molecule has 1 aliphatic carbocycles. The van der Waals surface area contributed by atoms with Gasteiger partial charge in [-0.15, -0.1) is 0 Å². The zero-order valence-electron chi connectivity index (χ0n) is 11.0. The largest absolute Gasteiger partial charge is 0.484 e. The Hall–Kier alpha value is -2.04. The molecule has 1 aromatic rings. The summed E-state index contributed by atoms with van der Waals surface area (Å²) in [5.41, 5.74) is 7.15. The van der Waals surface area contributed by atoms with Crippen LogP contribution in [0.5, 0.6) is 5.75 Å². The molecule has 0 heterocycles. The van der Waals surface area contributed by atoms with Crippen molar-refractivity contribution in [3.05, 3.63) is 29.3 Å². The fourth-order valence-electron chi connectivity index (χ4n) is 2.14. The van der Waals surface area contributed by atoms with Crippen LogP contribution in [0.2, 0.25) is 0 Å². The topological polar surface area (TPSA) is 67.4 Å². The number of fused-ring (bicyclic) bond motifs is 1. The molecular formula is C14H18N2O3. The summed E-state index contributed by atoms with van der Waals surface area (Å²) in [7, 11) is 0. The van der Waals surface area contributed by atoms with Crippen LogP contribution >= 0.6 is 0 Å². The average Bonchev–Trinajstić information content (AvgIpc) is 2.42. The first-order valence-electron chi connectivity index (χ1n) is 6.45. The van der Waals surface area contributed by atoms with Crippen molar-refractivity contribution in [3.8, 4) is 5.75 Å². The summed E-state index contributed by atoms with van der Waals surface area (Å²) in [6, 6.07) is 5.95. The highest BCUT2D eigenvalue weighted by Crippen LogP contribution is 2.25. The van der Waals surface area contributed by atoms with Crippen molar-refractivity contribution in [1.29, 1.82) is 0 Å². The number of rotatable bonds is 3. The van der Waals surface area contributed by atoms with E-state index < -0.39 is 0 Å². The van der Waals surface area contributed by atoms with Gasteiger partial charge in [0.05, 0.1) is 0 Å². The van der Waals surface area contributed by atoms with E-state index in [1.165, 1.54) is 30.9 Å². The highest BCUT2D eigenvalue weighted by molar-refractivity contribution is 5.81. The second kappa shape index (κ2) is 6.22. The molecule has 1 aromatic carbocycles. The molecular weight excluding hydrogens is 244 g/mol. The molecule has 19 heavy (non-hydrogen) atoms. The Balaban J connectivity index is 1.86. The van der Waals surface area contributed by atoms with Crippen LogP contribution in [-0.2, 0) is 22.4 Å². The van der Waals surface area contributed by atoms with E-state index in [0.29, 0.717) is 5.75 Å². The van der Waals surface area contributed by atoms with Crippen LogP contribution in [0.15, 0.2) is 18.2 Å². The van der Waals surface area contributed by atoms with E-state index in [9.17, 15) is 9.59 Å². The summed E-state index contributed by atoms with van der Waals surface area (Å²) in [6.07, 6.45) is 4.65. The molecule has 102 valence electrons. The molecule has 0 radical (unpaired) electrons. The molecule has 0 spiro atoms. The Morgan fingerprint density at radius 2 is 1.89 bits per heavy atom. The standard InChI is InChI=1S/C14H18N2O3/c1-10(17)15-16-14(18)9-19-13-7-6-11-4-2-3-5-12(11)8-13/h6-8H,2-5,9H2,1H3,(H,15,17)(H,16,18). The minimum absolute atomic E-state index is 0.112. The van der Waals surface area contributed by atoms with Gasteiger partial charge in [-0.1, -0.05) is 6.07 Å². The summed E-state index contributed by atoms with van der Waals surface area (Å²) in [5, 5.41) is 0. The molecule has 0 aliphatic heterocycles. The minimum Gasteiger partial charge on any atom is -0.484 e. The van der Waals surface area contributed by atoms with Crippen LogP contribution in [0.1, 0.15) is 30.9 Å². The number of carbonyl (C=O) groups excluding carboxylic acids is 2. The van der Waals surface area contributed by atoms with Gasteiger partial charge in [0.15, 0.2) is 6.61 Å². The van der Waals surface area contributed by atoms with E-state index in [-0.39, 0.29) is 18.4 Å². The first kappa shape index (κ1) is 13.4. The Kier molecular flexibility index (Phi) is 4.39. The molecule has 0 saturated carbocycles. The monoisotopic (exact) mass is 262 g/mol. The lowest BCUT2D eigenvalue weighted by Crippen LogP contribution is -2.42. The number of carbonyl (C=O) groups is 2. The highest BCUT2D eigenvalue weighted by atomic mass is 16.5. The van der Waals surface area contributed by atoms with E-state index in [4.69, 9.17) is 4.74 Å². The third-order valence-electron chi connectivity index (χ3n) is 3.07. The van der Waals surface area contributed by atoms with Crippen LogP contribution in [-0.4, -0.2) is 18.4 Å². The lowest BCUT2D eigenvalue weighted by Gasteiger charge is -2.16. The smallest absolute Gasteiger partial charge is 0.276 e. The van der Waals surface area contributed by atoms with Crippen molar-refractivity contribution in [2.75, 3.05) is 6.61 Å². The quantitative estimate of drug-likeness (QED) is 0.802. The maximum Gasteiger partial charge on any atom is 0.276 e. The number of hydrazine groups is 1. The van der Waals surface area contributed by atoms with Crippen molar-refractivity contribution in [2.45, 2.75) is 32.6 Å². The third kappa shape index (κ3) is 3.98. The van der Waals surface area contributed by atoms with E-state index in [1.54, 1.807) is 0 Å². The van der Waals surface area contributed by atoms with Gasteiger partial charge in [-0.05, 0) is 48.9 Å². The first-order valence-corrected chi connectivity index (χ1v) is 6.45. The van der Waals surface area contributed by atoms with Gasteiger partial charge in [0.2, 0.25) is 5.91 Å². The molecule has 2 N–H and O–H groups in total. The van der Waals surface area contributed by atoms with Gasteiger partial charge in [-0.3, -0.25) is 20.4 Å². The van der Waals surface area contributed by atoms with Crippen LogP contribution < -0.4 is 15.6 Å². The number of aryl methyl sites for hydroxylation is 2. The molecule has 0 atom stereocenters. The average molecular weight is 262 g/mol. The van der Waals surface area contributed by atoms with Gasteiger partial charge >= 0.3 is 0 Å². The van der Waals surface area contributed by atoms with Gasteiger partial charge < -0.3 is 4.74 Å². The number of amides is 2. The van der Waals surface area contributed by atoms with Crippen LogP contribution in [0.25, 0.3) is 0 Å². The lowest BCUT2D eigenvalue weighted by molar-refractivity contribution is -0.129. The van der Waals surface area contributed by atoms with Crippen LogP contribution in [0.3, 0.4) is 0 Å². The van der Waals surface area contributed by atoms with Gasteiger partial charge in [0, 0.05) is 6.92 Å². The van der Waals surface area contributed by atoms with Crippen molar-refractivity contribution in [2.24, 2.45) is 0 Å². The maximum atomic E-state index is 11.4. The Labute approximate surface area is 112 Å². The van der Waals surface area contributed by atoms with Gasteiger partial charge in [0.1, 0.15) is 5.75 Å². The summed E-state index contributed by atoms with van der Waals surface area (Å²) >= 11 is 0. The number of nitrogens with one attached hydrogen (secondary N) is 2. The molecule has 0 aromatic heterocycles. The Bertz CT molecular complexity index is 486. The van der Waals surface area contributed by atoms with Gasteiger partial charge in [0.25, 0.3) is 5.91 Å². The van der Waals surface area contributed by atoms with E-state index >= 15 is 0 Å². The zero-order valence-corrected chi connectivity index (χ0v) is 11.0. The predicted octanol–water partition coefficient (Wildman–Crippen LogP) is 1.11. The molecule has 2 amide bonds. The molecule has 1 aliphatic rings. The molecule has 0 saturated heterocycles. The molecule has 0 bridgehead atoms. The van der Waals surface area contributed by atoms with Crippen molar-refractivity contribution in [3.63, 3.8) is 0 Å². The van der Waals surface area contributed by atoms with Crippen molar-refractivity contribution in [1.82, 2.24) is 10.9 Å². The second-order valence-corrected chi connectivity index (χ2v) is 4.66. The first-order chi connectivity index (χ1) is 9.15. The predicted molar refractivity (Wildman–Crippen MR) is 70.5 cm³/mol. The fraction of sp³-hybridized carbons (Fsp3) is 0.429. The second-order valence-electron chi connectivity index (χ2n) is 4.66. The zero-order chi connectivity index (χ0) is 13.7. The van der Waals surface area contributed by atoms with Gasteiger partial charge in [-0.2, -0.15) is 0 Å². The maximum absolute atomic E-state index is 11.4. The third-order valence-corrected chi connectivity index (χ3v) is 3.07. The molecule has 2 rings (SSSR count). The Morgan fingerprint density at radius 3 is 2.63 bits per heavy atom. The highest BCUT2D eigenvalue weighted by Gasteiger charge is 2.10. The number of hydrogen-bond donors (Lipinski definition) is 2. The number of ether oxygens (including phenoxy) is 1. The molecule has 5 heteroatoms. The summed E-state index contributed by atoms with van der Waals surface area (Å²) in [4.78, 5) is 22.0. The van der Waals surface area contributed by atoms with E-state index in [2.05, 4.69) is 16.9 Å². The summed E-state index contributed by atoms with van der Waals surface area (Å²) in [5.74, 6) is -0.00586. The molecule has 5 nitrogen and oxygen atoms in total. The number of hydrogen-bond acceptors (Lipinski definition) is 3. The summed E-state index contributed by atoms with van der Waals surface area (Å²) in [6.45, 7) is 1.21. The summed E-state index contributed by atoms with van der Waals surface area (Å²) < 4.78 is 5.40. The van der Waals surface area contributed by atoms with Crippen LogP contribution in [0.4, 0.5) is 0 Å². The van der Waals surface area contributed by atoms with Crippen LogP contribution in [0, 0.1) is 0 Å². The van der Waals surface area contributed by atoms with E-state index in [1.807, 2.05) is 12.1 Å². The van der Waals surface area contributed by atoms with E-state index in [0.717, 1.165) is 12.8 Å². The number of benzene rings is 1. The van der Waals surface area contributed by atoms with Crippen molar-refractivity contribution < 1.29 is 14.3 Å². The lowest BCUT2D eigenvalue weighted by atomic mass is 9.92. The van der Waals surface area contributed by atoms with Crippen molar-refractivity contribution >= 4 is 11.8 Å². The Morgan fingerprint density at radius 1 is 1.16 bits per heavy atom. The van der Waals surface area contributed by atoms with Gasteiger partial charge in [-0.25, -0.2) is 0 Å². The minimum atomic E-state index is -0.382.